The molecule has 0 bridgehead atoms. The van der Waals surface area contributed by atoms with Gasteiger partial charge in [-0.2, -0.15) is 0 Å². The van der Waals surface area contributed by atoms with Crippen LogP contribution < -0.4 is 4.72 Å². The van der Waals surface area contributed by atoms with E-state index in [2.05, 4.69) is 4.72 Å². The van der Waals surface area contributed by atoms with E-state index in [4.69, 9.17) is 5.11 Å². The Bertz CT molecular complexity index is 847. The predicted molar refractivity (Wildman–Crippen MR) is 80.1 cm³/mol. The molecule has 22 heavy (non-hydrogen) atoms. The van der Waals surface area contributed by atoms with E-state index in [0.717, 1.165) is 12.1 Å². The number of hydrogen-bond donors (Lipinski definition) is 2. The molecule has 0 aliphatic rings. The molecule has 0 saturated heterocycles. The smallest absolute Gasteiger partial charge is 0.335 e. The largest absolute Gasteiger partial charge is 0.478 e. The highest BCUT2D eigenvalue weighted by Gasteiger charge is 2.19. The molecule has 2 aromatic carbocycles. The zero-order valence-corrected chi connectivity index (χ0v) is 12.7. The van der Waals surface area contributed by atoms with E-state index in [1.165, 1.54) is 31.2 Å². The van der Waals surface area contributed by atoms with E-state index in [1.54, 1.807) is 6.92 Å². The summed E-state index contributed by atoms with van der Waals surface area (Å²) in [6, 6.07) is 7.49. The maximum Gasteiger partial charge on any atom is 0.335 e. The van der Waals surface area contributed by atoms with E-state index in [1.807, 2.05) is 0 Å². The first-order valence-corrected chi connectivity index (χ1v) is 7.82. The predicted octanol–water partition coefficient (Wildman–Crippen LogP) is 2.94. The molecule has 2 N–H and O–H groups in total. The minimum atomic E-state index is -3.94. The van der Waals surface area contributed by atoms with Gasteiger partial charge in [0.25, 0.3) is 10.0 Å². The summed E-state index contributed by atoms with van der Waals surface area (Å²) in [6.45, 7) is 3.14. The van der Waals surface area contributed by atoms with Crippen LogP contribution in [0.25, 0.3) is 0 Å². The van der Waals surface area contributed by atoms with Gasteiger partial charge in [-0.1, -0.05) is 6.07 Å². The lowest BCUT2D eigenvalue weighted by molar-refractivity contribution is 0.0697. The third-order valence-electron chi connectivity index (χ3n) is 3.16. The Morgan fingerprint density at radius 1 is 1.09 bits per heavy atom. The Hall–Kier alpha value is -2.41. The Kier molecular flexibility index (Phi) is 4.18. The third kappa shape index (κ3) is 3.25. The zero-order valence-electron chi connectivity index (χ0n) is 11.9. The van der Waals surface area contributed by atoms with Crippen molar-refractivity contribution in [2.45, 2.75) is 18.7 Å². The SMILES string of the molecule is Cc1ccc(C(=O)O)cc1NS(=O)(=O)c1ccc(F)cc1C. The highest BCUT2D eigenvalue weighted by atomic mass is 32.2. The number of carboxylic acid groups (broad SMARTS) is 1. The number of benzene rings is 2. The number of halogens is 1. The second-order valence-corrected chi connectivity index (χ2v) is 6.50. The number of aromatic carboxylic acids is 1. The fourth-order valence-corrected chi connectivity index (χ4v) is 3.33. The normalized spacial score (nSPS) is 11.2. The maximum absolute atomic E-state index is 13.1. The maximum atomic E-state index is 13.1. The van der Waals surface area contributed by atoms with Crippen LogP contribution >= 0.6 is 0 Å². The minimum absolute atomic E-state index is 0.0286. The molecule has 0 aromatic heterocycles. The van der Waals surface area contributed by atoms with Crippen LogP contribution in [0, 0.1) is 19.7 Å². The number of rotatable bonds is 4. The van der Waals surface area contributed by atoms with Gasteiger partial charge < -0.3 is 5.11 Å². The summed E-state index contributed by atoms with van der Waals surface area (Å²) in [4.78, 5) is 10.9. The van der Waals surface area contributed by atoms with Gasteiger partial charge in [0, 0.05) is 0 Å². The molecule has 116 valence electrons. The van der Waals surface area contributed by atoms with Crippen molar-refractivity contribution in [3.8, 4) is 0 Å². The van der Waals surface area contributed by atoms with Crippen molar-refractivity contribution in [1.82, 2.24) is 0 Å². The summed E-state index contributed by atoms with van der Waals surface area (Å²) in [5, 5.41) is 8.97. The van der Waals surface area contributed by atoms with Crippen LogP contribution in [0.15, 0.2) is 41.3 Å². The molecule has 0 aliphatic heterocycles. The first-order valence-electron chi connectivity index (χ1n) is 6.33. The number of hydrogen-bond acceptors (Lipinski definition) is 3. The number of anilines is 1. The van der Waals surface area contributed by atoms with Crippen molar-refractivity contribution in [3.05, 3.63) is 58.9 Å². The summed E-state index contributed by atoms with van der Waals surface area (Å²) in [5.41, 5.74) is 0.982. The summed E-state index contributed by atoms with van der Waals surface area (Å²) in [7, 11) is -3.94. The van der Waals surface area contributed by atoms with Gasteiger partial charge in [-0.25, -0.2) is 17.6 Å². The first kappa shape index (κ1) is 16.0. The molecule has 0 heterocycles. The van der Waals surface area contributed by atoms with Crippen LogP contribution in [0.3, 0.4) is 0 Å². The monoisotopic (exact) mass is 323 g/mol. The van der Waals surface area contributed by atoms with Crippen LogP contribution in [0.1, 0.15) is 21.5 Å². The molecule has 0 radical (unpaired) electrons. The standard InChI is InChI=1S/C15H14FNO4S/c1-9-3-4-11(15(18)19)8-13(9)17-22(20,21)14-6-5-12(16)7-10(14)2/h3-8,17H,1-2H3,(H,18,19). The van der Waals surface area contributed by atoms with Crippen molar-refractivity contribution < 1.29 is 22.7 Å². The Labute approximate surface area is 127 Å². The fraction of sp³-hybridized carbons (Fsp3) is 0.133. The van der Waals surface area contributed by atoms with Gasteiger partial charge >= 0.3 is 5.97 Å². The Morgan fingerprint density at radius 3 is 2.36 bits per heavy atom. The molecule has 0 amide bonds. The van der Waals surface area contributed by atoms with Gasteiger partial charge in [0.15, 0.2) is 0 Å². The zero-order chi connectivity index (χ0) is 16.5. The van der Waals surface area contributed by atoms with Crippen LogP contribution in [-0.4, -0.2) is 19.5 Å². The second-order valence-electron chi connectivity index (χ2n) is 4.85. The molecule has 7 heteroatoms. The first-order chi connectivity index (χ1) is 10.2. The molecule has 0 saturated carbocycles. The average Bonchev–Trinajstić information content (AvgIpc) is 2.40. The van der Waals surface area contributed by atoms with Crippen molar-refractivity contribution >= 4 is 21.7 Å². The fourth-order valence-electron chi connectivity index (χ4n) is 1.98. The van der Waals surface area contributed by atoms with Gasteiger partial charge in [-0.3, -0.25) is 4.72 Å². The lowest BCUT2D eigenvalue weighted by atomic mass is 10.1. The number of carbonyl (C=O) groups is 1. The second kappa shape index (κ2) is 5.76. The number of aryl methyl sites for hydroxylation is 2. The lowest BCUT2D eigenvalue weighted by Crippen LogP contribution is -2.15. The Balaban J connectivity index is 2.45. The van der Waals surface area contributed by atoms with Crippen molar-refractivity contribution in [2.24, 2.45) is 0 Å². The van der Waals surface area contributed by atoms with Crippen molar-refractivity contribution in [1.29, 1.82) is 0 Å². The third-order valence-corrected chi connectivity index (χ3v) is 4.68. The highest BCUT2D eigenvalue weighted by molar-refractivity contribution is 7.92. The molecule has 2 rings (SSSR count). The minimum Gasteiger partial charge on any atom is -0.478 e. The number of sulfonamides is 1. The summed E-state index contributed by atoms with van der Waals surface area (Å²) in [6.07, 6.45) is 0. The molecular weight excluding hydrogens is 309 g/mol. The quantitative estimate of drug-likeness (QED) is 0.906. The van der Waals surface area contributed by atoms with Gasteiger partial charge in [0.1, 0.15) is 5.82 Å². The molecule has 0 spiro atoms. The number of carboxylic acids is 1. The van der Waals surface area contributed by atoms with Crippen LogP contribution in [0.2, 0.25) is 0 Å². The molecule has 5 nitrogen and oxygen atoms in total. The summed E-state index contributed by atoms with van der Waals surface area (Å²) >= 11 is 0. The summed E-state index contributed by atoms with van der Waals surface area (Å²) in [5.74, 6) is -1.68. The summed E-state index contributed by atoms with van der Waals surface area (Å²) < 4.78 is 40.2. The molecule has 0 aliphatic carbocycles. The van der Waals surface area contributed by atoms with Gasteiger partial charge in [-0.15, -0.1) is 0 Å². The Morgan fingerprint density at radius 2 is 1.77 bits per heavy atom. The van der Waals surface area contributed by atoms with Crippen molar-refractivity contribution in [2.75, 3.05) is 4.72 Å². The van der Waals surface area contributed by atoms with E-state index >= 15 is 0 Å². The lowest BCUT2D eigenvalue weighted by Gasteiger charge is -2.13. The van der Waals surface area contributed by atoms with E-state index < -0.39 is 21.8 Å². The van der Waals surface area contributed by atoms with E-state index in [-0.39, 0.29) is 21.7 Å². The topological polar surface area (TPSA) is 83.5 Å². The van der Waals surface area contributed by atoms with Crippen molar-refractivity contribution in [3.63, 3.8) is 0 Å². The van der Waals surface area contributed by atoms with Gasteiger partial charge in [-0.05, 0) is 55.3 Å². The van der Waals surface area contributed by atoms with Gasteiger partial charge in [0.2, 0.25) is 0 Å². The van der Waals surface area contributed by atoms with E-state index in [9.17, 15) is 17.6 Å². The molecular formula is C15H14FNO4S. The highest BCUT2D eigenvalue weighted by Crippen LogP contribution is 2.23. The van der Waals surface area contributed by atoms with Crippen LogP contribution in [0.5, 0.6) is 0 Å². The molecule has 2 aromatic rings. The molecule has 0 atom stereocenters. The van der Waals surface area contributed by atoms with Gasteiger partial charge in [0.05, 0.1) is 16.1 Å². The average molecular weight is 323 g/mol. The van der Waals surface area contributed by atoms with Crippen LogP contribution in [-0.2, 0) is 10.0 Å². The molecule has 0 unspecified atom stereocenters. The molecule has 0 fully saturated rings. The van der Waals surface area contributed by atoms with Crippen LogP contribution in [0.4, 0.5) is 10.1 Å². The number of nitrogens with one attached hydrogen (secondary N) is 1. The van der Waals surface area contributed by atoms with E-state index in [0.29, 0.717) is 5.56 Å².